The Labute approximate surface area is 189 Å². The van der Waals surface area contributed by atoms with E-state index >= 15 is 0 Å². The lowest BCUT2D eigenvalue weighted by atomic mass is 10.1. The molecule has 2 aromatic carbocycles. The molecular formula is C21H19F6N3O4. The summed E-state index contributed by atoms with van der Waals surface area (Å²) in [5.74, 6) is -2.82. The van der Waals surface area contributed by atoms with Crippen LogP contribution < -0.4 is 16.0 Å². The summed E-state index contributed by atoms with van der Waals surface area (Å²) in [4.78, 5) is 35.7. The van der Waals surface area contributed by atoms with Gasteiger partial charge in [0.25, 0.3) is 6.10 Å². The number of para-hydroxylation sites is 1. The van der Waals surface area contributed by atoms with Crippen molar-refractivity contribution in [1.82, 2.24) is 5.32 Å². The van der Waals surface area contributed by atoms with Crippen LogP contribution in [-0.4, -0.2) is 42.9 Å². The Balaban J connectivity index is 1.94. The fraction of sp³-hybridized carbons (Fsp3) is 0.286. The number of carbonyl (C=O) groups is 3. The van der Waals surface area contributed by atoms with E-state index in [0.717, 1.165) is 5.56 Å². The highest BCUT2D eigenvalue weighted by Crippen LogP contribution is 2.35. The standard InChI is InChI=1S/C21H19F6N3O4/c1-12-5-4-7-14(9-12)29-19(33)30-15-8-3-2-6-13(15)10-16(31)28-11-17(32)34-18(20(22,23)24)21(25,26)27/h2-9,18H,10-11H2,1H3,(H,28,31)(H2,29,30,33). The summed E-state index contributed by atoms with van der Waals surface area (Å²) in [6, 6.07) is 12.4. The monoisotopic (exact) mass is 491 g/mol. The van der Waals surface area contributed by atoms with E-state index in [1.807, 2.05) is 18.3 Å². The summed E-state index contributed by atoms with van der Waals surface area (Å²) in [5.41, 5.74) is 1.92. The number of esters is 1. The van der Waals surface area contributed by atoms with Crippen molar-refractivity contribution >= 4 is 29.3 Å². The maximum Gasteiger partial charge on any atom is 0.434 e. The van der Waals surface area contributed by atoms with E-state index in [-0.39, 0.29) is 11.3 Å². The van der Waals surface area contributed by atoms with Gasteiger partial charge in [0.05, 0.1) is 6.42 Å². The van der Waals surface area contributed by atoms with Gasteiger partial charge < -0.3 is 20.7 Å². The lowest BCUT2D eigenvalue weighted by Crippen LogP contribution is -2.47. The molecule has 0 radical (unpaired) electrons. The lowest BCUT2D eigenvalue weighted by Gasteiger charge is -2.22. The molecule has 0 fully saturated rings. The number of alkyl halides is 6. The molecule has 0 spiro atoms. The van der Waals surface area contributed by atoms with Gasteiger partial charge in [-0.25, -0.2) is 4.79 Å². The van der Waals surface area contributed by atoms with Gasteiger partial charge in [-0.05, 0) is 36.2 Å². The smallest absolute Gasteiger partial charge is 0.434 e. The third-order valence-corrected chi connectivity index (χ3v) is 4.17. The first-order valence-corrected chi connectivity index (χ1v) is 9.58. The Hall–Kier alpha value is -3.77. The molecule has 2 aromatic rings. The number of rotatable bonds is 7. The minimum atomic E-state index is -5.86. The van der Waals surface area contributed by atoms with E-state index in [2.05, 4.69) is 15.4 Å². The molecule has 0 saturated heterocycles. The maximum absolute atomic E-state index is 12.4. The number of halogens is 6. The number of aryl methyl sites for hydroxylation is 1. The first kappa shape index (κ1) is 26.5. The molecule has 34 heavy (non-hydrogen) atoms. The van der Waals surface area contributed by atoms with Gasteiger partial charge in [-0.3, -0.25) is 9.59 Å². The van der Waals surface area contributed by atoms with Gasteiger partial charge in [0.15, 0.2) is 0 Å². The quantitative estimate of drug-likeness (QED) is 0.397. The van der Waals surface area contributed by atoms with Crippen LogP contribution in [0.2, 0.25) is 0 Å². The number of carbonyl (C=O) groups excluding carboxylic acids is 3. The van der Waals surface area contributed by atoms with Gasteiger partial charge in [0.1, 0.15) is 6.54 Å². The lowest BCUT2D eigenvalue weighted by molar-refractivity contribution is -0.313. The molecule has 184 valence electrons. The van der Waals surface area contributed by atoms with Crippen LogP contribution in [0.25, 0.3) is 0 Å². The number of hydrogen-bond acceptors (Lipinski definition) is 4. The zero-order valence-corrected chi connectivity index (χ0v) is 17.5. The van der Waals surface area contributed by atoms with Crippen molar-refractivity contribution in [3.63, 3.8) is 0 Å². The number of anilines is 2. The van der Waals surface area contributed by atoms with Crippen molar-refractivity contribution in [2.24, 2.45) is 0 Å². The van der Waals surface area contributed by atoms with Gasteiger partial charge in [0, 0.05) is 11.4 Å². The average molecular weight is 491 g/mol. The summed E-state index contributed by atoms with van der Waals surface area (Å²) in [5, 5.41) is 7.02. The number of nitrogens with one attached hydrogen (secondary N) is 3. The van der Waals surface area contributed by atoms with Crippen LogP contribution in [0.3, 0.4) is 0 Å². The summed E-state index contributed by atoms with van der Waals surface area (Å²) in [6.45, 7) is 0.615. The second-order valence-corrected chi connectivity index (χ2v) is 7.01. The van der Waals surface area contributed by atoms with E-state index in [4.69, 9.17) is 0 Å². The van der Waals surface area contributed by atoms with Crippen LogP contribution in [0, 0.1) is 6.92 Å². The molecule has 3 amide bonds. The van der Waals surface area contributed by atoms with Crippen LogP contribution in [0.1, 0.15) is 11.1 Å². The Bertz CT molecular complexity index is 1030. The molecule has 0 aromatic heterocycles. The van der Waals surface area contributed by atoms with Crippen LogP contribution in [-0.2, 0) is 20.7 Å². The second-order valence-electron chi connectivity index (χ2n) is 7.01. The van der Waals surface area contributed by atoms with Crippen molar-refractivity contribution in [2.45, 2.75) is 31.8 Å². The maximum atomic E-state index is 12.4. The molecule has 7 nitrogen and oxygen atoms in total. The molecule has 0 heterocycles. The molecule has 0 unspecified atom stereocenters. The average Bonchev–Trinajstić information content (AvgIpc) is 2.70. The number of benzene rings is 2. The highest BCUT2D eigenvalue weighted by molar-refractivity contribution is 6.00. The predicted molar refractivity (Wildman–Crippen MR) is 109 cm³/mol. The molecular weight excluding hydrogens is 472 g/mol. The molecule has 0 bridgehead atoms. The summed E-state index contributed by atoms with van der Waals surface area (Å²) in [6.07, 6.45) is -16.5. The molecule has 0 atom stereocenters. The van der Waals surface area contributed by atoms with Crippen molar-refractivity contribution in [1.29, 1.82) is 0 Å². The number of hydrogen-bond donors (Lipinski definition) is 3. The van der Waals surface area contributed by atoms with Gasteiger partial charge in [-0.15, -0.1) is 0 Å². The van der Waals surface area contributed by atoms with Crippen LogP contribution >= 0.6 is 0 Å². The fourth-order valence-corrected chi connectivity index (χ4v) is 2.70. The molecule has 0 aliphatic heterocycles. The predicted octanol–water partition coefficient (Wildman–Crippen LogP) is 4.33. The minimum Gasteiger partial charge on any atom is -0.441 e. The third-order valence-electron chi connectivity index (χ3n) is 4.17. The molecule has 2 rings (SSSR count). The van der Waals surface area contributed by atoms with Crippen molar-refractivity contribution < 1.29 is 45.5 Å². The largest absolute Gasteiger partial charge is 0.441 e. The Morgan fingerprint density at radius 3 is 2.18 bits per heavy atom. The van der Waals surface area contributed by atoms with Gasteiger partial charge in [-0.1, -0.05) is 30.3 Å². The molecule has 0 saturated carbocycles. The van der Waals surface area contributed by atoms with Crippen LogP contribution in [0.4, 0.5) is 42.5 Å². The Morgan fingerprint density at radius 2 is 1.56 bits per heavy atom. The van der Waals surface area contributed by atoms with Crippen LogP contribution in [0.5, 0.6) is 0 Å². The SMILES string of the molecule is Cc1cccc(NC(=O)Nc2ccccc2CC(=O)NCC(=O)OC(C(F)(F)F)C(F)(F)F)c1. The van der Waals surface area contributed by atoms with E-state index in [1.165, 1.54) is 18.2 Å². The molecule has 3 N–H and O–H groups in total. The second kappa shape index (κ2) is 10.9. The third kappa shape index (κ3) is 8.30. The van der Waals surface area contributed by atoms with Crippen molar-refractivity contribution in [3.8, 4) is 0 Å². The number of ether oxygens (including phenoxy) is 1. The van der Waals surface area contributed by atoms with E-state index < -0.39 is 49.3 Å². The zero-order valence-electron chi connectivity index (χ0n) is 17.5. The van der Waals surface area contributed by atoms with E-state index in [0.29, 0.717) is 5.69 Å². The minimum absolute atomic E-state index is 0.222. The normalized spacial score (nSPS) is 11.6. The first-order chi connectivity index (χ1) is 15.8. The Morgan fingerprint density at radius 1 is 0.912 bits per heavy atom. The van der Waals surface area contributed by atoms with E-state index in [1.54, 1.807) is 24.3 Å². The summed E-state index contributed by atoms with van der Waals surface area (Å²) in [7, 11) is 0. The molecule has 0 aliphatic carbocycles. The van der Waals surface area contributed by atoms with Gasteiger partial charge >= 0.3 is 24.4 Å². The van der Waals surface area contributed by atoms with Gasteiger partial charge in [0.2, 0.25) is 5.91 Å². The van der Waals surface area contributed by atoms with E-state index in [9.17, 15) is 40.7 Å². The Kier molecular flexibility index (Phi) is 8.49. The molecule has 13 heteroatoms. The van der Waals surface area contributed by atoms with Gasteiger partial charge in [-0.2, -0.15) is 26.3 Å². The summed E-state index contributed by atoms with van der Waals surface area (Å²) >= 11 is 0. The summed E-state index contributed by atoms with van der Waals surface area (Å²) < 4.78 is 78.1. The highest BCUT2D eigenvalue weighted by Gasteiger charge is 2.59. The van der Waals surface area contributed by atoms with Crippen molar-refractivity contribution in [3.05, 3.63) is 59.7 Å². The zero-order chi connectivity index (χ0) is 25.5. The fourth-order valence-electron chi connectivity index (χ4n) is 2.70. The number of urea groups is 1. The number of amides is 3. The topological polar surface area (TPSA) is 96.5 Å². The first-order valence-electron chi connectivity index (χ1n) is 9.58. The van der Waals surface area contributed by atoms with Crippen molar-refractivity contribution in [2.75, 3.05) is 17.2 Å². The van der Waals surface area contributed by atoms with Crippen LogP contribution in [0.15, 0.2) is 48.5 Å². The highest BCUT2D eigenvalue weighted by atomic mass is 19.4. The molecule has 0 aliphatic rings.